The third kappa shape index (κ3) is 2.84. The molecule has 1 aliphatic heterocycles. The molecule has 1 aromatic carbocycles. The molecule has 4 nitrogen and oxygen atoms in total. The summed E-state index contributed by atoms with van der Waals surface area (Å²) >= 11 is 0. The van der Waals surface area contributed by atoms with Gasteiger partial charge in [-0.25, -0.2) is 0 Å². The molecular formula is C17H19NO3. The Bertz CT molecular complexity index is 593. The predicted octanol–water partition coefficient (Wildman–Crippen LogP) is 2.63. The first-order chi connectivity index (χ1) is 10.1. The van der Waals surface area contributed by atoms with Crippen LogP contribution in [0.4, 0.5) is 5.69 Å². The molecule has 110 valence electrons. The Morgan fingerprint density at radius 3 is 2.81 bits per heavy atom. The summed E-state index contributed by atoms with van der Waals surface area (Å²) in [7, 11) is 0. The molecule has 0 aromatic heterocycles. The maximum absolute atomic E-state index is 12.6. The largest absolute Gasteiger partial charge is 0.481 e. The van der Waals surface area contributed by atoms with E-state index in [9.17, 15) is 14.7 Å². The van der Waals surface area contributed by atoms with Crippen molar-refractivity contribution in [1.82, 2.24) is 0 Å². The molecule has 1 aromatic rings. The van der Waals surface area contributed by atoms with E-state index in [2.05, 4.69) is 12.2 Å². The highest BCUT2D eigenvalue weighted by Gasteiger charge is 2.32. The van der Waals surface area contributed by atoms with Gasteiger partial charge in [0.1, 0.15) is 0 Å². The van der Waals surface area contributed by atoms with Crippen LogP contribution in [0.1, 0.15) is 24.8 Å². The van der Waals surface area contributed by atoms with Crippen molar-refractivity contribution in [2.24, 2.45) is 11.8 Å². The first-order valence-corrected chi connectivity index (χ1v) is 7.43. The van der Waals surface area contributed by atoms with Crippen LogP contribution in [0.3, 0.4) is 0 Å². The highest BCUT2D eigenvalue weighted by Crippen LogP contribution is 2.31. The number of amides is 1. The number of benzene rings is 1. The smallest absolute Gasteiger partial charge is 0.308 e. The van der Waals surface area contributed by atoms with Gasteiger partial charge in [0.15, 0.2) is 0 Å². The number of hydrogen-bond acceptors (Lipinski definition) is 2. The molecule has 1 N–H and O–H groups in total. The monoisotopic (exact) mass is 285 g/mol. The van der Waals surface area contributed by atoms with Gasteiger partial charge in [0.25, 0.3) is 0 Å². The average Bonchev–Trinajstić information content (AvgIpc) is 2.98. The third-order valence-electron chi connectivity index (χ3n) is 4.35. The second kappa shape index (κ2) is 5.72. The van der Waals surface area contributed by atoms with Crippen LogP contribution in [0.25, 0.3) is 0 Å². The third-order valence-corrected chi connectivity index (χ3v) is 4.35. The number of aliphatic carboxylic acids is 1. The molecule has 0 bridgehead atoms. The van der Waals surface area contributed by atoms with Crippen LogP contribution >= 0.6 is 0 Å². The fraction of sp³-hybridized carbons (Fsp3) is 0.412. The van der Waals surface area contributed by atoms with Gasteiger partial charge in [0.2, 0.25) is 5.91 Å². The summed E-state index contributed by atoms with van der Waals surface area (Å²) in [6, 6.07) is 7.62. The molecule has 3 rings (SSSR count). The predicted molar refractivity (Wildman–Crippen MR) is 80.1 cm³/mol. The summed E-state index contributed by atoms with van der Waals surface area (Å²) in [5, 5.41) is 9.30. The van der Waals surface area contributed by atoms with Gasteiger partial charge in [-0.15, -0.1) is 0 Å². The topological polar surface area (TPSA) is 57.6 Å². The highest BCUT2D eigenvalue weighted by molar-refractivity contribution is 5.96. The minimum atomic E-state index is -0.830. The van der Waals surface area contributed by atoms with E-state index < -0.39 is 11.9 Å². The summed E-state index contributed by atoms with van der Waals surface area (Å²) < 4.78 is 0. The van der Waals surface area contributed by atoms with Crippen molar-refractivity contribution < 1.29 is 14.7 Å². The van der Waals surface area contributed by atoms with Crippen LogP contribution < -0.4 is 4.90 Å². The Hall–Kier alpha value is -2.10. The number of carboxylic acids is 1. The summed E-state index contributed by atoms with van der Waals surface area (Å²) in [5.41, 5.74) is 1.83. The van der Waals surface area contributed by atoms with Crippen molar-refractivity contribution in [3.63, 3.8) is 0 Å². The SMILES string of the molecule is O=C(O)C1Cc2ccccc2N(C(=O)CC2C=CCC2)C1. The van der Waals surface area contributed by atoms with Gasteiger partial charge in [-0.1, -0.05) is 30.4 Å². The minimum Gasteiger partial charge on any atom is -0.481 e. The molecule has 1 heterocycles. The lowest BCUT2D eigenvalue weighted by Gasteiger charge is -2.33. The molecule has 0 radical (unpaired) electrons. The Labute approximate surface area is 124 Å². The Kier molecular flexibility index (Phi) is 3.78. The zero-order valence-corrected chi connectivity index (χ0v) is 11.9. The molecule has 2 atom stereocenters. The molecule has 2 unspecified atom stereocenters. The van der Waals surface area contributed by atoms with E-state index in [-0.39, 0.29) is 12.5 Å². The van der Waals surface area contributed by atoms with E-state index in [0.717, 1.165) is 24.1 Å². The second-order valence-corrected chi connectivity index (χ2v) is 5.84. The molecule has 4 heteroatoms. The molecular weight excluding hydrogens is 266 g/mol. The van der Waals surface area contributed by atoms with E-state index in [1.807, 2.05) is 24.3 Å². The molecule has 1 aliphatic carbocycles. The van der Waals surface area contributed by atoms with Crippen molar-refractivity contribution in [2.45, 2.75) is 25.7 Å². The van der Waals surface area contributed by atoms with Crippen LogP contribution in [-0.4, -0.2) is 23.5 Å². The number of rotatable bonds is 3. The average molecular weight is 285 g/mol. The van der Waals surface area contributed by atoms with Crippen molar-refractivity contribution in [2.75, 3.05) is 11.4 Å². The molecule has 0 fully saturated rings. The summed E-state index contributed by atoms with van der Waals surface area (Å²) in [6.45, 7) is 0.279. The summed E-state index contributed by atoms with van der Waals surface area (Å²) in [6.07, 6.45) is 7.23. The first kappa shape index (κ1) is 13.9. The van der Waals surface area contributed by atoms with Crippen LogP contribution in [0, 0.1) is 11.8 Å². The molecule has 0 saturated heterocycles. The first-order valence-electron chi connectivity index (χ1n) is 7.43. The van der Waals surface area contributed by atoms with Crippen LogP contribution in [0.15, 0.2) is 36.4 Å². The zero-order valence-electron chi connectivity index (χ0n) is 11.9. The number of fused-ring (bicyclic) bond motifs is 1. The lowest BCUT2D eigenvalue weighted by atomic mass is 9.91. The van der Waals surface area contributed by atoms with Crippen LogP contribution in [0.2, 0.25) is 0 Å². The Balaban J connectivity index is 1.83. The van der Waals surface area contributed by atoms with Gasteiger partial charge in [-0.2, -0.15) is 0 Å². The van der Waals surface area contributed by atoms with Crippen LogP contribution in [0.5, 0.6) is 0 Å². The minimum absolute atomic E-state index is 0.0324. The quantitative estimate of drug-likeness (QED) is 0.869. The lowest BCUT2D eigenvalue weighted by Crippen LogP contribution is -2.43. The number of anilines is 1. The van der Waals surface area contributed by atoms with Crippen LogP contribution in [-0.2, 0) is 16.0 Å². The highest BCUT2D eigenvalue weighted by atomic mass is 16.4. The number of carbonyl (C=O) groups is 2. The number of carbonyl (C=O) groups excluding carboxylic acids is 1. The maximum Gasteiger partial charge on any atom is 0.308 e. The fourth-order valence-electron chi connectivity index (χ4n) is 3.20. The van der Waals surface area contributed by atoms with Gasteiger partial charge in [0.05, 0.1) is 5.92 Å². The summed E-state index contributed by atoms with van der Waals surface area (Å²) in [4.78, 5) is 25.6. The van der Waals surface area contributed by atoms with Gasteiger partial charge >= 0.3 is 5.97 Å². The molecule has 0 saturated carbocycles. The van der Waals surface area contributed by atoms with E-state index in [4.69, 9.17) is 0 Å². The number of carboxylic acid groups (broad SMARTS) is 1. The number of para-hydroxylation sites is 1. The fourth-order valence-corrected chi connectivity index (χ4v) is 3.20. The molecule has 2 aliphatic rings. The number of allylic oxidation sites excluding steroid dienone is 2. The van der Waals surface area contributed by atoms with Gasteiger partial charge in [-0.3, -0.25) is 9.59 Å². The van der Waals surface area contributed by atoms with Gasteiger partial charge in [-0.05, 0) is 36.8 Å². The van der Waals surface area contributed by atoms with Crippen molar-refractivity contribution >= 4 is 17.6 Å². The molecule has 21 heavy (non-hydrogen) atoms. The van der Waals surface area contributed by atoms with Gasteiger partial charge in [0, 0.05) is 18.7 Å². The number of hydrogen-bond donors (Lipinski definition) is 1. The van der Waals surface area contributed by atoms with E-state index in [0.29, 0.717) is 18.8 Å². The van der Waals surface area contributed by atoms with E-state index >= 15 is 0 Å². The van der Waals surface area contributed by atoms with Crippen molar-refractivity contribution in [1.29, 1.82) is 0 Å². The number of nitrogens with zero attached hydrogens (tertiary/aromatic N) is 1. The van der Waals surface area contributed by atoms with E-state index in [1.54, 1.807) is 4.90 Å². The second-order valence-electron chi connectivity index (χ2n) is 5.84. The lowest BCUT2D eigenvalue weighted by molar-refractivity contribution is -0.141. The zero-order chi connectivity index (χ0) is 14.8. The maximum atomic E-state index is 12.6. The Morgan fingerprint density at radius 1 is 1.29 bits per heavy atom. The van der Waals surface area contributed by atoms with Crippen molar-refractivity contribution in [3.8, 4) is 0 Å². The normalized spacial score (nSPS) is 23.9. The standard InChI is InChI=1S/C17H19NO3/c19-16(9-12-5-1-2-6-12)18-11-14(17(20)21)10-13-7-3-4-8-15(13)18/h1,3-5,7-8,12,14H,2,6,9-11H2,(H,20,21). The summed E-state index contributed by atoms with van der Waals surface area (Å²) in [5.74, 6) is -1.01. The molecule has 0 spiro atoms. The molecule has 1 amide bonds. The Morgan fingerprint density at radius 2 is 2.10 bits per heavy atom. The van der Waals surface area contributed by atoms with E-state index in [1.165, 1.54) is 0 Å². The van der Waals surface area contributed by atoms with Crippen molar-refractivity contribution in [3.05, 3.63) is 42.0 Å². The van der Waals surface area contributed by atoms with Gasteiger partial charge < -0.3 is 10.0 Å².